The molecule has 1 aromatic carbocycles. The number of hydrogen-bond acceptors (Lipinski definition) is 4. The molecule has 0 saturated heterocycles. The van der Waals surface area contributed by atoms with Gasteiger partial charge in [0.1, 0.15) is 5.75 Å². The minimum atomic E-state index is 0.227. The van der Waals surface area contributed by atoms with Crippen molar-refractivity contribution in [2.24, 2.45) is 5.73 Å². The number of fused-ring (bicyclic) bond motifs is 1. The van der Waals surface area contributed by atoms with Gasteiger partial charge >= 0.3 is 0 Å². The fourth-order valence-corrected chi connectivity index (χ4v) is 1.85. The molecule has 0 unspecified atom stereocenters. The van der Waals surface area contributed by atoms with Gasteiger partial charge in [-0.2, -0.15) is 0 Å². The largest absolute Gasteiger partial charge is 0.508 e. The van der Waals surface area contributed by atoms with Crippen LogP contribution < -0.4 is 5.73 Å². The number of benzene rings is 1. The maximum Gasteiger partial charge on any atom is 0.182 e. The summed E-state index contributed by atoms with van der Waals surface area (Å²) in [6.07, 6.45) is 1.84. The third-order valence-corrected chi connectivity index (χ3v) is 2.79. The maximum absolute atomic E-state index is 9.26. The normalized spacial score (nSPS) is 10.9. The molecule has 5 nitrogen and oxygen atoms in total. The summed E-state index contributed by atoms with van der Waals surface area (Å²) in [5, 5.41) is 13.7. The van der Waals surface area contributed by atoms with Crippen LogP contribution >= 0.6 is 0 Å². The van der Waals surface area contributed by atoms with Gasteiger partial charge in [-0.3, -0.25) is 0 Å². The lowest BCUT2D eigenvalue weighted by Crippen LogP contribution is -1.99. The monoisotopic (exact) mass is 240 g/mol. The van der Waals surface area contributed by atoms with Crippen molar-refractivity contribution in [2.75, 3.05) is 0 Å². The van der Waals surface area contributed by atoms with Crippen LogP contribution in [0.15, 0.2) is 42.6 Å². The first-order valence-corrected chi connectivity index (χ1v) is 5.61. The number of hydrogen-bond donors (Lipinski definition) is 2. The molecule has 3 rings (SSSR count). The van der Waals surface area contributed by atoms with Crippen LogP contribution in [0.3, 0.4) is 0 Å². The molecule has 0 saturated carbocycles. The third kappa shape index (κ3) is 1.70. The van der Waals surface area contributed by atoms with Crippen LogP contribution in [-0.4, -0.2) is 19.7 Å². The van der Waals surface area contributed by atoms with Gasteiger partial charge in [-0.05, 0) is 30.3 Å². The van der Waals surface area contributed by atoms with E-state index in [4.69, 9.17) is 5.73 Å². The summed E-state index contributed by atoms with van der Waals surface area (Å²) in [7, 11) is 0. The van der Waals surface area contributed by atoms with E-state index >= 15 is 0 Å². The Balaban J connectivity index is 2.16. The summed E-state index contributed by atoms with van der Waals surface area (Å²) >= 11 is 0. The van der Waals surface area contributed by atoms with E-state index in [1.165, 1.54) is 0 Å². The fraction of sp³-hybridized carbons (Fsp3) is 0.0769. The predicted molar refractivity (Wildman–Crippen MR) is 68.0 cm³/mol. The molecule has 0 fully saturated rings. The highest BCUT2D eigenvalue weighted by atomic mass is 16.3. The third-order valence-electron chi connectivity index (χ3n) is 2.79. The molecule has 3 N–H and O–H groups in total. The summed E-state index contributed by atoms with van der Waals surface area (Å²) in [6.45, 7) is 0.429. The summed E-state index contributed by atoms with van der Waals surface area (Å²) in [6, 6.07) is 10.6. The highest BCUT2D eigenvalue weighted by Crippen LogP contribution is 2.20. The Morgan fingerprint density at radius 3 is 2.67 bits per heavy atom. The average Bonchev–Trinajstić information content (AvgIpc) is 2.83. The van der Waals surface area contributed by atoms with Gasteiger partial charge < -0.3 is 10.8 Å². The molecule has 2 aromatic heterocycles. The zero-order valence-electron chi connectivity index (χ0n) is 9.61. The maximum atomic E-state index is 9.26. The van der Waals surface area contributed by atoms with Gasteiger partial charge in [-0.15, -0.1) is 5.10 Å². The topological polar surface area (TPSA) is 76.4 Å². The molecule has 2 heterocycles. The van der Waals surface area contributed by atoms with E-state index in [0.717, 1.165) is 16.8 Å². The zero-order chi connectivity index (χ0) is 12.5. The Labute approximate surface area is 104 Å². The van der Waals surface area contributed by atoms with E-state index in [9.17, 15) is 5.11 Å². The molecule has 0 spiro atoms. The van der Waals surface area contributed by atoms with Gasteiger partial charge in [-0.1, -0.05) is 6.07 Å². The first kappa shape index (κ1) is 10.7. The van der Waals surface area contributed by atoms with Crippen molar-refractivity contribution in [3.8, 4) is 17.1 Å². The highest BCUT2D eigenvalue weighted by Gasteiger charge is 2.08. The molecule has 5 heteroatoms. The Morgan fingerprint density at radius 1 is 1.17 bits per heavy atom. The van der Waals surface area contributed by atoms with Crippen LogP contribution in [0.5, 0.6) is 5.75 Å². The molecule has 18 heavy (non-hydrogen) atoms. The van der Waals surface area contributed by atoms with E-state index in [0.29, 0.717) is 12.4 Å². The van der Waals surface area contributed by atoms with Crippen molar-refractivity contribution in [3.63, 3.8) is 0 Å². The van der Waals surface area contributed by atoms with E-state index in [-0.39, 0.29) is 5.75 Å². The SMILES string of the molecule is NCc1cccn2nc(-c3ccc(O)cc3)nc12. The van der Waals surface area contributed by atoms with Crippen molar-refractivity contribution in [1.82, 2.24) is 14.6 Å². The molecule has 90 valence electrons. The molecule has 0 aliphatic carbocycles. The summed E-state index contributed by atoms with van der Waals surface area (Å²) < 4.78 is 1.71. The Morgan fingerprint density at radius 2 is 1.94 bits per heavy atom. The number of nitrogens with two attached hydrogens (primary N) is 1. The van der Waals surface area contributed by atoms with Gasteiger partial charge in [0, 0.05) is 23.9 Å². The molecule has 0 aliphatic heterocycles. The highest BCUT2D eigenvalue weighted by molar-refractivity contribution is 5.60. The fourth-order valence-electron chi connectivity index (χ4n) is 1.85. The summed E-state index contributed by atoms with van der Waals surface area (Å²) in [5.74, 6) is 0.848. The second-order valence-corrected chi connectivity index (χ2v) is 3.99. The van der Waals surface area contributed by atoms with Crippen molar-refractivity contribution < 1.29 is 5.11 Å². The Bertz CT molecular complexity index is 688. The van der Waals surface area contributed by atoms with Crippen LogP contribution in [-0.2, 0) is 6.54 Å². The number of pyridine rings is 1. The summed E-state index contributed by atoms with van der Waals surface area (Å²) in [4.78, 5) is 4.47. The molecule has 0 radical (unpaired) electrons. The van der Waals surface area contributed by atoms with Gasteiger partial charge in [0.05, 0.1) is 0 Å². The van der Waals surface area contributed by atoms with Crippen LogP contribution in [0.1, 0.15) is 5.56 Å². The zero-order valence-corrected chi connectivity index (χ0v) is 9.61. The molecule has 0 atom stereocenters. The van der Waals surface area contributed by atoms with Crippen LogP contribution in [0, 0.1) is 0 Å². The number of phenolic OH excluding ortho intramolecular Hbond substituents is 1. The second kappa shape index (κ2) is 4.12. The van der Waals surface area contributed by atoms with E-state index < -0.39 is 0 Å². The summed E-state index contributed by atoms with van der Waals surface area (Å²) in [5.41, 5.74) is 8.25. The average molecular weight is 240 g/mol. The number of rotatable bonds is 2. The first-order chi connectivity index (χ1) is 8.78. The van der Waals surface area contributed by atoms with Crippen molar-refractivity contribution >= 4 is 5.65 Å². The second-order valence-electron chi connectivity index (χ2n) is 3.99. The number of aromatic hydroxyl groups is 1. The minimum absolute atomic E-state index is 0.227. The van der Waals surface area contributed by atoms with Gasteiger partial charge in [0.25, 0.3) is 0 Å². The van der Waals surface area contributed by atoms with Crippen molar-refractivity contribution in [1.29, 1.82) is 0 Å². The van der Waals surface area contributed by atoms with E-state index in [1.54, 1.807) is 28.8 Å². The van der Waals surface area contributed by atoms with Crippen LogP contribution in [0.2, 0.25) is 0 Å². The van der Waals surface area contributed by atoms with Crippen LogP contribution in [0.4, 0.5) is 0 Å². The first-order valence-electron chi connectivity index (χ1n) is 5.61. The van der Waals surface area contributed by atoms with Crippen molar-refractivity contribution in [2.45, 2.75) is 6.54 Å². The lowest BCUT2D eigenvalue weighted by atomic mass is 10.2. The van der Waals surface area contributed by atoms with E-state index in [2.05, 4.69) is 10.1 Å². The molecule has 0 amide bonds. The predicted octanol–water partition coefficient (Wildman–Crippen LogP) is 1.56. The molecule has 0 aliphatic rings. The minimum Gasteiger partial charge on any atom is -0.508 e. The number of aromatic nitrogens is 3. The Hall–Kier alpha value is -2.40. The van der Waals surface area contributed by atoms with Crippen molar-refractivity contribution in [3.05, 3.63) is 48.2 Å². The quantitative estimate of drug-likeness (QED) is 0.712. The molecular formula is C13H12N4O. The Kier molecular flexibility index (Phi) is 2.46. The smallest absolute Gasteiger partial charge is 0.182 e. The number of phenols is 1. The lowest BCUT2D eigenvalue weighted by molar-refractivity contribution is 0.475. The van der Waals surface area contributed by atoms with E-state index in [1.807, 2.05) is 18.3 Å². The molecule has 0 bridgehead atoms. The van der Waals surface area contributed by atoms with Gasteiger partial charge in [0.2, 0.25) is 0 Å². The standard InChI is InChI=1S/C13H12N4O/c14-8-10-2-1-7-17-13(10)15-12(16-17)9-3-5-11(18)6-4-9/h1-7,18H,8,14H2. The van der Waals surface area contributed by atoms with Crippen LogP contribution in [0.25, 0.3) is 17.0 Å². The molecular weight excluding hydrogens is 228 g/mol. The van der Waals surface area contributed by atoms with Gasteiger partial charge in [0.15, 0.2) is 11.5 Å². The van der Waals surface area contributed by atoms with Gasteiger partial charge in [-0.25, -0.2) is 9.50 Å². The molecule has 3 aromatic rings. The lowest BCUT2D eigenvalue weighted by Gasteiger charge is -1.96. The number of nitrogens with zero attached hydrogens (tertiary/aromatic N) is 3.